The lowest BCUT2D eigenvalue weighted by Crippen LogP contribution is -2.34. The Balaban J connectivity index is 1.52. The molecule has 0 radical (unpaired) electrons. The quantitative estimate of drug-likeness (QED) is 0.469. The first-order valence-electron chi connectivity index (χ1n) is 9.33. The van der Waals surface area contributed by atoms with Crippen molar-refractivity contribution in [1.82, 2.24) is 5.32 Å². The van der Waals surface area contributed by atoms with Crippen LogP contribution in [0.1, 0.15) is 36.6 Å². The highest BCUT2D eigenvalue weighted by Gasteiger charge is 2.15. The minimum Gasteiger partial charge on any atom is -0.497 e. The second kappa shape index (κ2) is 9.98. The summed E-state index contributed by atoms with van der Waals surface area (Å²) in [5.41, 5.74) is 1.40. The van der Waals surface area contributed by atoms with E-state index in [1.54, 1.807) is 36.4 Å². The first-order valence-corrected chi connectivity index (χ1v) is 9.33. The molecule has 0 heterocycles. The van der Waals surface area contributed by atoms with Crippen LogP contribution >= 0.6 is 0 Å². The number of methoxy groups -OCH3 is 1. The van der Waals surface area contributed by atoms with Crippen LogP contribution in [0, 0.1) is 0 Å². The number of ketones is 1. The summed E-state index contributed by atoms with van der Waals surface area (Å²) in [6.07, 6.45) is 0. The van der Waals surface area contributed by atoms with Gasteiger partial charge in [-0.25, -0.2) is 4.79 Å². The molecule has 2 amide bonds. The third kappa shape index (κ3) is 5.63. The molecule has 0 bridgehead atoms. The molecule has 3 aromatic carbocycles. The van der Waals surface area contributed by atoms with Crippen molar-refractivity contribution in [1.29, 1.82) is 0 Å². The molecular weight excluding hydrogens is 398 g/mol. The van der Waals surface area contributed by atoms with E-state index in [-0.39, 0.29) is 16.9 Å². The van der Waals surface area contributed by atoms with Gasteiger partial charge < -0.3 is 9.47 Å². The molecule has 0 atom stereocenters. The number of benzene rings is 3. The van der Waals surface area contributed by atoms with E-state index in [0.29, 0.717) is 16.9 Å². The fourth-order valence-electron chi connectivity index (χ4n) is 2.71. The lowest BCUT2D eigenvalue weighted by atomic mass is 10.0. The van der Waals surface area contributed by atoms with Gasteiger partial charge in [0.1, 0.15) is 5.75 Å². The maximum Gasteiger partial charge on any atom is 0.338 e. The van der Waals surface area contributed by atoms with E-state index in [4.69, 9.17) is 9.47 Å². The summed E-state index contributed by atoms with van der Waals surface area (Å²) in [5.74, 6) is -1.71. The highest BCUT2D eigenvalue weighted by molar-refractivity contribution is 6.09. The van der Waals surface area contributed by atoms with E-state index in [2.05, 4.69) is 5.32 Å². The van der Waals surface area contributed by atoms with E-state index in [1.807, 2.05) is 6.07 Å². The standard InChI is InChI=1S/C24H19NO6/c1-30-20-13-11-18(12-14-20)23(28)25-21(26)15-31-24(29)19-9-7-17(8-10-19)22(27)16-5-3-2-4-6-16/h2-14H,15H2,1H3,(H,25,26,28). The fraction of sp³-hybridized carbons (Fsp3) is 0.0833. The molecule has 0 spiro atoms. The number of amides is 2. The van der Waals surface area contributed by atoms with Crippen molar-refractivity contribution in [2.24, 2.45) is 0 Å². The molecule has 1 N–H and O–H groups in total. The van der Waals surface area contributed by atoms with Crippen molar-refractivity contribution in [2.45, 2.75) is 0 Å². The van der Waals surface area contributed by atoms with E-state index in [0.717, 1.165) is 0 Å². The number of hydrogen-bond acceptors (Lipinski definition) is 6. The summed E-state index contributed by atoms with van der Waals surface area (Å²) in [5, 5.41) is 2.14. The Morgan fingerprint density at radius 1 is 0.710 bits per heavy atom. The van der Waals surface area contributed by atoms with Gasteiger partial charge in [0.15, 0.2) is 12.4 Å². The van der Waals surface area contributed by atoms with Gasteiger partial charge in [-0.2, -0.15) is 0 Å². The first-order chi connectivity index (χ1) is 15.0. The number of hydrogen-bond donors (Lipinski definition) is 1. The predicted octanol–water partition coefficient (Wildman–Crippen LogP) is 3.04. The maximum atomic E-state index is 12.4. The van der Waals surface area contributed by atoms with Crippen molar-refractivity contribution in [3.63, 3.8) is 0 Å². The van der Waals surface area contributed by atoms with Crippen molar-refractivity contribution in [3.8, 4) is 5.75 Å². The number of esters is 1. The zero-order valence-corrected chi connectivity index (χ0v) is 16.7. The lowest BCUT2D eigenvalue weighted by Gasteiger charge is -2.07. The van der Waals surface area contributed by atoms with Crippen molar-refractivity contribution >= 4 is 23.6 Å². The van der Waals surface area contributed by atoms with Crippen molar-refractivity contribution in [3.05, 3.63) is 101 Å². The molecule has 3 aromatic rings. The molecule has 31 heavy (non-hydrogen) atoms. The Morgan fingerprint density at radius 3 is 1.87 bits per heavy atom. The van der Waals surface area contributed by atoms with Crippen molar-refractivity contribution in [2.75, 3.05) is 13.7 Å². The van der Waals surface area contributed by atoms with Crippen LogP contribution in [0.2, 0.25) is 0 Å². The minimum atomic E-state index is -0.759. The monoisotopic (exact) mass is 417 g/mol. The molecule has 0 aliphatic rings. The number of nitrogens with one attached hydrogen (secondary N) is 1. The van der Waals surface area contributed by atoms with E-state index < -0.39 is 24.4 Å². The Bertz CT molecular complexity index is 1090. The highest BCUT2D eigenvalue weighted by Crippen LogP contribution is 2.12. The van der Waals surface area contributed by atoms with Gasteiger partial charge in [-0.05, 0) is 36.4 Å². The van der Waals surface area contributed by atoms with Gasteiger partial charge >= 0.3 is 5.97 Å². The van der Waals surface area contributed by atoms with Crippen LogP contribution in [0.5, 0.6) is 5.75 Å². The number of carbonyl (C=O) groups excluding carboxylic acids is 4. The lowest BCUT2D eigenvalue weighted by molar-refractivity contribution is -0.123. The number of carbonyl (C=O) groups is 4. The zero-order valence-electron chi connectivity index (χ0n) is 16.7. The molecule has 156 valence electrons. The van der Waals surface area contributed by atoms with Gasteiger partial charge in [-0.15, -0.1) is 0 Å². The normalized spacial score (nSPS) is 10.1. The fourth-order valence-corrected chi connectivity index (χ4v) is 2.71. The average Bonchev–Trinajstić information content (AvgIpc) is 2.82. The maximum absolute atomic E-state index is 12.4. The highest BCUT2D eigenvalue weighted by atomic mass is 16.5. The van der Waals surface area contributed by atoms with Gasteiger partial charge in [-0.1, -0.05) is 42.5 Å². The van der Waals surface area contributed by atoms with Crippen LogP contribution in [0.15, 0.2) is 78.9 Å². The summed E-state index contributed by atoms with van der Waals surface area (Å²) < 4.78 is 9.95. The van der Waals surface area contributed by atoms with Gasteiger partial charge in [0.2, 0.25) is 0 Å². The molecule has 0 saturated heterocycles. The van der Waals surface area contributed by atoms with E-state index in [9.17, 15) is 19.2 Å². The average molecular weight is 417 g/mol. The van der Waals surface area contributed by atoms with Crippen LogP contribution in [0.4, 0.5) is 0 Å². The van der Waals surface area contributed by atoms with E-state index in [1.165, 1.54) is 43.5 Å². The summed E-state index contributed by atoms with van der Waals surface area (Å²) in [7, 11) is 1.50. The third-order valence-electron chi connectivity index (χ3n) is 4.36. The SMILES string of the molecule is COc1ccc(C(=O)NC(=O)COC(=O)c2ccc(C(=O)c3ccccc3)cc2)cc1. The summed E-state index contributed by atoms with van der Waals surface area (Å²) >= 11 is 0. The molecule has 0 fully saturated rings. The van der Waals surface area contributed by atoms with Crippen LogP contribution < -0.4 is 10.1 Å². The first kappa shape index (κ1) is 21.4. The van der Waals surface area contributed by atoms with Crippen molar-refractivity contribution < 1.29 is 28.7 Å². The Kier molecular flexibility index (Phi) is 6.90. The molecule has 0 unspecified atom stereocenters. The summed E-state index contributed by atoms with van der Waals surface area (Å²) in [4.78, 5) is 48.5. The molecule has 0 aliphatic heterocycles. The largest absolute Gasteiger partial charge is 0.497 e. The van der Waals surface area contributed by atoms with Gasteiger partial charge in [0.25, 0.3) is 11.8 Å². The third-order valence-corrected chi connectivity index (χ3v) is 4.36. The topological polar surface area (TPSA) is 98.8 Å². The number of imide groups is 1. The van der Waals surface area contributed by atoms with Crippen LogP contribution in [-0.4, -0.2) is 37.3 Å². The van der Waals surface area contributed by atoms with Crippen LogP contribution in [0.25, 0.3) is 0 Å². The Morgan fingerprint density at radius 2 is 1.26 bits per heavy atom. The van der Waals surface area contributed by atoms with Crippen LogP contribution in [-0.2, 0) is 9.53 Å². The molecule has 0 saturated carbocycles. The molecule has 7 nitrogen and oxygen atoms in total. The smallest absolute Gasteiger partial charge is 0.338 e. The van der Waals surface area contributed by atoms with Gasteiger partial charge in [0, 0.05) is 16.7 Å². The Hall–Kier alpha value is -4.26. The van der Waals surface area contributed by atoms with Gasteiger partial charge in [0.05, 0.1) is 12.7 Å². The van der Waals surface area contributed by atoms with Crippen LogP contribution in [0.3, 0.4) is 0 Å². The summed E-state index contributed by atoms with van der Waals surface area (Å²) in [6, 6.07) is 20.9. The number of ether oxygens (including phenoxy) is 2. The zero-order chi connectivity index (χ0) is 22.2. The second-order valence-corrected chi connectivity index (χ2v) is 6.45. The number of rotatable bonds is 7. The minimum absolute atomic E-state index is 0.170. The van der Waals surface area contributed by atoms with E-state index >= 15 is 0 Å². The molecule has 0 aromatic heterocycles. The molecule has 3 rings (SSSR count). The predicted molar refractivity (Wildman–Crippen MR) is 112 cm³/mol. The summed E-state index contributed by atoms with van der Waals surface area (Å²) in [6.45, 7) is -0.620. The molecule has 0 aliphatic carbocycles. The molecule has 7 heteroatoms. The van der Waals surface area contributed by atoms with Gasteiger partial charge in [-0.3, -0.25) is 19.7 Å². The Labute approximate surface area is 178 Å². The second-order valence-electron chi connectivity index (χ2n) is 6.45. The molecular formula is C24H19NO6.